The molecule has 0 amide bonds. The smallest absolute Gasteiger partial charge is 0.355 e. The van der Waals surface area contributed by atoms with Crippen LogP contribution in [0.2, 0.25) is 12.6 Å². The maximum absolute atomic E-state index is 5.96. The van der Waals surface area contributed by atoms with Gasteiger partial charge in [-0.1, -0.05) is 13.8 Å². The molecule has 1 heterocycles. The van der Waals surface area contributed by atoms with Gasteiger partial charge in [-0.2, -0.15) is 12.6 Å². The lowest BCUT2D eigenvalue weighted by Gasteiger charge is -2.31. The Hall–Kier alpha value is 0.447. The first-order valence-electron chi connectivity index (χ1n) is 6.28. The molecule has 3 atom stereocenters. The van der Waals surface area contributed by atoms with E-state index < -0.39 is 8.56 Å². The van der Waals surface area contributed by atoms with Gasteiger partial charge in [-0.05, 0) is 37.8 Å². The van der Waals surface area contributed by atoms with Gasteiger partial charge in [0, 0.05) is 18.4 Å². The Labute approximate surface area is 106 Å². The normalized spacial score (nSPS) is 34.1. The lowest BCUT2D eigenvalue weighted by molar-refractivity contribution is 0.0728. The van der Waals surface area contributed by atoms with Gasteiger partial charge in [-0.25, -0.2) is 5.48 Å². The van der Waals surface area contributed by atoms with Crippen LogP contribution in [0.5, 0.6) is 0 Å². The summed E-state index contributed by atoms with van der Waals surface area (Å²) in [7, 11) is -1.99. The van der Waals surface area contributed by atoms with Gasteiger partial charge in [0.1, 0.15) is 0 Å². The van der Waals surface area contributed by atoms with E-state index in [9.17, 15) is 0 Å². The van der Waals surface area contributed by atoms with Crippen LogP contribution in [0.3, 0.4) is 0 Å². The first-order chi connectivity index (χ1) is 7.56. The van der Waals surface area contributed by atoms with Crippen LogP contribution in [0.1, 0.15) is 33.1 Å². The molecular formula is C11H25NO2SSi. The molecule has 0 saturated carbocycles. The van der Waals surface area contributed by atoms with Crippen molar-refractivity contribution in [2.75, 3.05) is 13.2 Å². The van der Waals surface area contributed by atoms with E-state index in [0.717, 1.165) is 38.5 Å². The number of hydroxylamine groups is 1. The van der Waals surface area contributed by atoms with E-state index in [2.05, 4.69) is 38.5 Å². The Balaban J connectivity index is 2.36. The molecule has 1 aliphatic heterocycles. The first kappa shape index (κ1) is 14.5. The fourth-order valence-corrected chi connectivity index (χ4v) is 4.19. The van der Waals surface area contributed by atoms with Crippen molar-refractivity contribution in [3.8, 4) is 0 Å². The van der Waals surface area contributed by atoms with Crippen molar-refractivity contribution in [1.82, 2.24) is 5.48 Å². The van der Waals surface area contributed by atoms with Crippen LogP contribution in [-0.4, -0.2) is 27.0 Å². The third-order valence-corrected chi connectivity index (χ3v) is 6.35. The van der Waals surface area contributed by atoms with Gasteiger partial charge in [-0.15, -0.1) is 0 Å². The molecule has 1 fully saturated rings. The molecule has 0 aromatic rings. The van der Waals surface area contributed by atoms with Gasteiger partial charge in [0.2, 0.25) is 0 Å². The van der Waals surface area contributed by atoms with Crippen LogP contribution in [0, 0.1) is 5.92 Å². The number of hydrogen-bond acceptors (Lipinski definition) is 4. The molecule has 96 valence electrons. The van der Waals surface area contributed by atoms with Crippen LogP contribution < -0.4 is 5.48 Å². The van der Waals surface area contributed by atoms with Crippen LogP contribution >= 0.6 is 12.6 Å². The maximum atomic E-state index is 5.96. The van der Waals surface area contributed by atoms with Crippen molar-refractivity contribution in [2.45, 2.75) is 51.0 Å². The zero-order valence-corrected chi connectivity index (χ0v) is 12.6. The molecular weight excluding hydrogens is 238 g/mol. The Kier molecular flexibility index (Phi) is 6.36. The lowest BCUT2D eigenvalue weighted by Crippen LogP contribution is -2.47. The molecule has 5 heteroatoms. The van der Waals surface area contributed by atoms with Gasteiger partial charge in [0.05, 0.1) is 0 Å². The first-order valence-corrected chi connectivity index (χ1v) is 9.32. The second-order valence-electron chi connectivity index (χ2n) is 4.93. The number of rotatable bonds is 4. The highest BCUT2D eigenvalue weighted by atomic mass is 32.1. The minimum atomic E-state index is -1.99. The van der Waals surface area contributed by atoms with E-state index >= 15 is 0 Å². The lowest BCUT2D eigenvalue weighted by atomic mass is 10.1. The molecule has 1 N–H and O–H groups in total. The average molecular weight is 263 g/mol. The standard InChI is InChI=1S/C11H25NO2SSi/c1-4-11(15)6-8-16(3)13-7-5-10(2)9-12-14-16/h10-12,15H,4-9H2,1-3H3. The number of thiol groups is 1. The van der Waals surface area contributed by atoms with E-state index in [1.165, 1.54) is 0 Å². The highest BCUT2D eigenvalue weighted by molar-refractivity contribution is 7.80. The van der Waals surface area contributed by atoms with Crippen molar-refractivity contribution >= 4 is 21.2 Å². The minimum Gasteiger partial charge on any atom is -0.394 e. The van der Waals surface area contributed by atoms with Gasteiger partial charge < -0.3 is 8.95 Å². The molecule has 16 heavy (non-hydrogen) atoms. The summed E-state index contributed by atoms with van der Waals surface area (Å²) in [5.41, 5.74) is 3.08. The SMILES string of the molecule is CCC(S)CC[Si]1(C)OCCC(C)CNO1. The van der Waals surface area contributed by atoms with Gasteiger partial charge >= 0.3 is 8.56 Å². The summed E-state index contributed by atoms with van der Waals surface area (Å²) in [5.74, 6) is 0.631. The zero-order valence-electron chi connectivity index (χ0n) is 10.7. The Bertz CT molecular complexity index is 196. The Morgan fingerprint density at radius 1 is 1.56 bits per heavy atom. The average Bonchev–Trinajstić information content (AvgIpc) is 2.24. The van der Waals surface area contributed by atoms with Crippen molar-refractivity contribution in [1.29, 1.82) is 0 Å². The Morgan fingerprint density at radius 3 is 3.00 bits per heavy atom. The minimum absolute atomic E-state index is 0.473. The molecule has 1 rings (SSSR count). The second-order valence-corrected chi connectivity index (χ2v) is 8.92. The number of nitrogens with one attached hydrogen (secondary N) is 1. The predicted molar refractivity (Wildman–Crippen MR) is 72.9 cm³/mol. The molecule has 1 saturated heterocycles. The second kappa shape index (κ2) is 7.01. The van der Waals surface area contributed by atoms with E-state index in [0.29, 0.717) is 11.2 Å². The van der Waals surface area contributed by atoms with Gasteiger partial charge in [0.25, 0.3) is 0 Å². The molecule has 0 aromatic carbocycles. The van der Waals surface area contributed by atoms with Gasteiger partial charge in [0.15, 0.2) is 0 Å². The molecule has 0 aliphatic carbocycles. The van der Waals surface area contributed by atoms with E-state index in [1.807, 2.05) is 0 Å². The third-order valence-electron chi connectivity index (χ3n) is 3.14. The highest BCUT2D eigenvalue weighted by Crippen LogP contribution is 2.21. The zero-order chi connectivity index (χ0) is 12.0. The maximum Gasteiger partial charge on any atom is 0.355 e. The summed E-state index contributed by atoms with van der Waals surface area (Å²) in [6.45, 7) is 8.30. The van der Waals surface area contributed by atoms with E-state index in [4.69, 9.17) is 8.95 Å². The molecule has 0 spiro atoms. The predicted octanol–water partition coefficient (Wildman–Crippen LogP) is 2.73. The molecule has 3 unspecified atom stereocenters. The van der Waals surface area contributed by atoms with Crippen molar-refractivity contribution in [3.63, 3.8) is 0 Å². The largest absolute Gasteiger partial charge is 0.394 e. The van der Waals surface area contributed by atoms with E-state index in [-0.39, 0.29) is 0 Å². The fraction of sp³-hybridized carbons (Fsp3) is 1.00. The molecule has 1 aliphatic rings. The van der Waals surface area contributed by atoms with Gasteiger partial charge in [-0.3, -0.25) is 0 Å². The fourth-order valence-electron chi connectivity index (χ4n) is 1.70. The monoisotopic (exact) mass is 263 g/mol. The van der Waals surface area contributed by atoms with Crippen LogP contribution in [0.25, 0.3) is 0 Å². The van der Waals surface area contributed by atoms with Crippen molar-refractivity contribution in [2.24, 2.45) is 5.92 Å². The molecule has 0 bridgehead atoms. The summed E-state index contributed by atoms with van der Waals surface area (Å²) in [6, 6.07) is 1.02. The summed E-state index contributed by atoms with van der Waals surface area (Å²) >= 11 is 4.52. The van der Waals surface area contributed by atoms with Crippen molar-refractivity contribution < 1.29 is 8.95 Å². The highest BCUT2D eigenvalue weighted by Gasteiger charge is 2.33. The quantitative estimate of drug-likeness (QED) is 0.604. The molecule has 3 nitrogen and oxygen atoms in total. The summed E-state index contributed by atoms with van der Waals surface area (Å²) in [6.07, 6.45) is 3.31. The Morgan fingerprint density at radius 2 is 2.31 bits per heavy atom. The third kappa shape index (κ3) is 5.18. The van der Waals surface area contributed by atoms with Crippen LogP contribution in [0.15, 0.2) is 0 Å². The van der Waals surface area contributed by atoms with Crippen molar-refractivity contribution in [3.05, 3.63) is 0 Å². The summed E-state index contributed by atoms with van der Waals surface area (Å²) in [5, 5.41) is 0.473. The summed E-state index contributed by atoms with van der Waals surface area (Å²) < 4.78 is 11.7. The summed E-state index contributed by atoms with van der Waals surface area (Å²) in [4.78, 5) is 0. The topological polar surface area (TPSA) is 30.5 Å². The number of hydrogen-bond donors (Lipinski definition) is 2. The molecule has 0 radical (unpaired) electrons. The van der Waals surface area contributed by atoms with Crippen LogP contribution in [0.4, 0.5) is 0 Å². The molecule has 0 aromatic heterocycles. The van der Waals surface area contributed by atoms with E-state index in [1.54, 1.807) is 0 Å². The van der Waals surface area contributed by atoms with Crippen LogP contribution in [-0.2, 0) is 8.95 Å².